The topological polar surface area (TPSA) is 125 Å². The Bertz CT molecular complexity index is 1180. The van der Waals surface area contributed by atoms with Crippen LogP contribution in [0.1, 0.15) is 36.8 Å². The van der Waals surface area contributed by atoms with Crippen LogP contribution in [0.15, 0.2) is 30.6 Å². The van der Waals surface area contributed by atoms with Crippen LogP contribution < -0.4 is 15.0 Å². The van der Waals surface area contributed by atoms with E-state index in [-0.39, 0.29) is 18.1 Å². The minimum atomic E-state index is -0.920. The third-order valence-corrected chi connectivity index (χ3v) is 5.37. The molecular formula is C22H27N7O4. The van der Waals surface area contributed by atoms with Crippen molar-refractivity contribution in [1.29, 1.82) is 0 Å². The molecule has 0 bridgehead atoms. The molecular weight excluding hydrogens is 426 g/mol. The molecule has 3 aromatic heterocycles. The largest absolute Gasteiger partial charge is 0.490 e. The van der Waals surface area contributed by atoms with Crippen LogP contribution in [-0.2, 0) is 0 Å². The van der Waals surface area contributed by atoms with Crippen LogP contribution >= 0.6 is 0 Å². The van der Waals surface area contributed by atoms with Gasteiger partial charge in [0.2, 0.25) is 0 Å². The summed E-state index contributed by atoms with van der Waals surface area (Å²) in [7, 11) is 0. The maximum atomic E-state index is 13.0. The lowest BCUT2D eigenvalue weighted by atomic mass is 10.2. The minimum Gasteiger partial charge on any atom is -0.490 e. The molecule has 4 heterocycles. The zero-order valence-electron chi connectivity index (χ0n) is 19.0. The average molecular weight is 454 g/mol. The van der Waals surface area contributed by atoms with E-state index in [1.54, 1.807) is 28.8 Å². The van der Waals surface area contributed by atoms with Crippen molar-refractivity contribution in [2.75, 3.05) is 29.9 Å². The quantitative estimate of drug-likeness (QED) is 0.604. The van der Waals surface area contributed by atoms with E-state index in [1.165, 1.54) is 4.90 Å². The fourth-order valence-electron chi connectivity index (χ4n) is 3.86. The number of piperazine rings is 1. The normalized spacial score (nSPS) is 16.3. The predicted molar refractivity (Wildman–Crippen MR) is 122 cm³/mol. The third kappa shape index (κ3) is 4.81. The molecule has 0 aromatic carbocycles. The number of carboxylic acid groups (broad SMARTS) is 1. The van der Waals surface area contributed by atoms with E-state index in [0.29, 0.717) is 48.2 Å². The van der Waals surface area contributed by atoms with Crippen molar-refractivity contribution in [3.8, 4) is 5.75 Å². The van der Waals surface area contributed by atoms with Crippen molar-refractivity contribution < 1.29 is 19.4 Å². The van der Waals surface area contributed by atoms with Gasteiger partial charge in [0.05, 0.1) is 17.4 Å². The molecule has 0 unspecified atom stereocenters. The monoisotopic (exact) mass is 453 g/mol. The van der Waals surface area contributed by atoms with Crippen molar-refractivity contribution >= 4 is 29.3 Å². The summed E-state index contributed by atoms with van der Waals surface area (Å²) < 4.78 is 7.63. The summed E-state index contributed by atoms with van der Waals surface area (Å²) in [6.45, 7) is 8.97. The predicted octanol–water partition coefficient (Wildman–Crippen LogP) is 2.66. The maximum absolute atomic E-state index is 13.0. The lowest BCUT2D eigenvalue weighted by Crippen LogP contribution is -2.54. The maximum Gasteiger partial charge on any atom is 0.407 e. The van der Waals surface area contributed by atoms with Crippen LogP contribution in [0, 0.1) is 6.92 Å². The number of fused-ring (bicyclic) bond motifs is 1. The zero-order chi connectivity index (χ0) is 23.7. The van der Waals surface area contributed by atoms with Crippen LogP contribution in [0.4, 0.5) is 16.4 Å². The number of aromatic nitrogens is 4. The summed E-state index contributed by atoms with van der Waals surface area (Å²) >= 11 is 0. The summed E-state index contributed by atoms with van der Waals surface area (Å²) in [4.78, 5) is 32.1. The standard InChI is InChI=1S/C22H27N7O4/c1-13(2)33-17-9-20-23-14(3)10-28(20)12-16(17)21(30)24-18-5-6-19(26-25-18)27-7-8-29(22(31)32)15(4)11-27/h5-6,9-10,12-13,15H,7-8,11H2,1-4H3,(H,31,32)(H,24,25,30)/t15-/m0/s1. The molecule has 0 spiro atoms. The molecule has 4 rings (SSSR count). The first-order valence-electron chi connectivity index (χ1n) is 10.8. The Morgan fingerprint density at radius 2 is 2.00 bits per heavy atom. The SMILES string of the molecule is Cc1cn2cc(C(=O)Nc3ccc(N4CCN(C(=O)O)[C@@H](C)C4)nn3)c(OC(C)C)cc2n1. The number of hydrogen-bond acceptors (Lipinski definition) is 7. The third-order valence-electron chi connectivity index (χ3n) is 5.37. The van der Waals surface area contributed by atoms with E-state index in [4.69, 9.17) is 4.74 Å². The van der Waals surface area contributed by atoms with E-state index in [0.717, 1.165) is 5.69 Å². The molecule has 1 fully saturated rings. The number of carbonyl (C=O) groups is 2. The Morgan fingerprint density at radius 1 is 1.21 bits per heavy atom. The van der Waals surface area contributed by atoms with Gasteiger partial charge >= 0.3 is 6.09 Å². The molecule has 0 radical (unpaired) electrons. The number of imidazole rings is 1. The number of hydrogen-bond donors (Lipinski definition) is 2. The van der Waals surface area contributed by atoms with Gasteiger partial charge in [-0.3, -0.25) is 4.79 Å². The second-order valence-corrected chi connectivity index (χ2v) is 8.37. The Morgan fingerprint density at radius 3 is 2.64 bits per heavy atom. The summed E-state index contributed by atoms with van der Waals surface area (Å²) in [5, 5.41) is 20.4. The first-order chi connectivity index (χ1) is 15.7. The summed E-state index contributed by atoms with van der Waals surface area (Å²) in [5.74, 6) is 1.00. The van der Waals surface area contributed by atoms with Crippen molar-refractivity contribution in [2.45, 2.75) is 39.8 Å². The minimum absolute atomic E-state index is 0.113. The van der Waals surface area contributed by atoms with Gasteiger partial charge in [-0.15, -0.1) is 10.2 Å². The molecule has 11 heteroatoms. The van der Waals surface area contributed by atoms with E-state index < -0.39 is 6.09 Å². The van der Waals surface area contributed by atoms with Gasteiger partial charge in [-0.2, -0.15) is 0 Å². The van der Waals surface area contributed by atoms with Gasteiger partial charge in [-0.1, -0.05) is 0 Å². The number of rotatable bonds is 5. The average Bonchev–Trinajstić information content (AvgIpc) is 3.11. The molecule has 1 aliphatic heterocycles. The number of aryl methyl sites for hydroxylation is 1. The molecule has 2 N–H and O–H groups in total. The summed E-state index contributed by atoms with van der Waals surface area (Å²) in [5.41, 5.74) is 1.89. The van der Waals surface area contributed by atoms with Crippen LogP contribution in [-0.4, -0.2) is 73.4 Å². The zero-order valence-corrected chi connectivity index (χ0v) is 19.0. The van der Waals surface area contributed by atoms with Gasteiger partial charge in [-0.25, -0.2) is 9.78 Å². The van der Waals surface area contributed by atoms with Crippen LogP contribution in [0.2, 0.25) is 0 Å². The van der Waals surface area contributed by atoms with Crippen molar-refractivity contribution in [3.05, 3.63) is 41.9 Å². The van der Waals surface area contributed by atoms with Gasteiger partial charge in [0.15, 0.2) is 11.6 Å². The number of pyridine rings is 1. The van der Waals surface area contributed by atoms with Crippen molar-refractivity contribution in [3.63, 3.8) is 0 Å². The molecule has 0 aliphatic carbocycles. The highest BCUT2D eigenvalue weighted by atomic mass is 16.5. The van der Waals surface area contributed by atoms with Gasteiger partial charge < -0.3 is 29.4 Å². The second-order valence-electron chi connectivity index (χ2n) is 8.37. The lowest BCUT2D eigenvalue weighted by molar-refractivity contribution is 0.102. The molecule has 0 saturated carbocycles. The Kier molecular flexibility index (Phi) is 6.03. The molecule has 1 aliphatic rings. The number of nitrogens with zero attached hydrogens (tertiary/aromatic N) is 6. The number of amides is 2. The first kappa shape index (κ1) is 22.3. The first-order valence-corrected chi connectivity index (χ1v) is 10.8. The smallest absolute Gasteiger partial charge is 0.407 e. The number of ether oxygens (including phenoxy) is 1. The molecule has 3 aromatic rings. The molecule has 11 nitrogen and oxygen atoms in total. The Hall–Kier alpha value is -3.89. The molecule has 2 amide bonds. The lowest BCUT2D eigenvalue weighted by Gasteiger charge is -2.38. The van der Waals surface area contributed by atoms with Crippen LogP contribution in [0.3, 0.4) is 0 Å². The molecule has 174 valence electrons. The number of nitrogens with one attached hydrogen (secondary N) is 1. The van der Waals surface area contributed by atoms with E-state index >= 15 is 0 Å². The van der Waals surface area contributed by atoms with Gasteiger partial charge in [0.1, 0.15) is 11.4 Å². The highest BCUT2D eigenvalue weighted by Crippen LogP contribution is 2.24. The second kappa shape index (κ2) is 8.93. The Balaban J connectivity index is 1.50. The van der Waals surface area contributed by atoms with E-state index in [2.05, 4.69) is 20.5 Å². The number of carbonyl (C=O) groups excluding carboxylic acids is 1. The fraction of sp³-hybridized carbons (Fsp3) is 0.409. The molecule has 1 atom stereocenters. The highest BCUT2D eigenvalue weighted by molar-refractivity contribution is 6.05. The van der Waals surface area contributed by atoms with Crippen LogP contribution in [0.25, 0.3) is 5.65 Å². The summed E-state index contributed by atoms with van der Waals surface area (Å²) in [6, 6.07) is 5.03. The van der Waals surface area contributed by atoms with Gasteiger partial charge in [0.25, 0.3) is 5.91 Å². The van der Waals surface area contributed by atoms with Gasteiger partial charge in [-0.05, 0) is 39.8 Å². The fourth-order valence-corrected chi connectivity index (χ4v) is 3.86. The van der Waals surface area contributed by atoms with E-state index in [1.807, 2.05) is 38.8 Å². The Labute approximate surface area is 191 Å². The molecule has 33 heavy (non-hydrogen) atoms. The highest BCUT2D eigenvalue weighted by Gasteiger charge is 2.28. The number of anilines is 2. The van der Waals surface area contributed by atoms with Crippen molar-refractivity contribution in [1.82, 2.24) is 24.5 Å². The van der Waals surface area contributed by atoms with Crippen LogP contribution in [0.5, 0.6) is 5.75 Å². The summed E-state index contributed by atoms with van der Waals surface area (Å²) in [6.07, 6.45) is 2.49. The molecule has 1 saturated heterocycles. The van der Waals surface area contributed by atoms with Gasteiger partial charge in [0, 0.05) is 44.1 Å². The van der Waals surface area contributed by atoms with E-state index in [9.17, 15) is 14.7 Å². The van der Waals surface area contributed by atoms with Crippen molar-refractivity contribution in [2.24, 2.45) is 0 Å².